The van der Waals surface area contributed by atoms with Crippen LogP contribution in [0.15, 0.2) is 0 Å². The average Bonchev–Trinajstić information content (AvgIpc) is 3.01. The molecular formula is C30H58O14. The van der Waals surface area contributed by atoms with E-state index < -0.39 is 5.97 Å². The molecule has 1 unspecified atom stereocenters. The van der Waals surface area contributed by atoms with E-state index in [0.717, 1.165) is 25.7 Å². The van der Waals surface area contributed by atoms with Gasteiger partial charge in [0.1, 0.15) is 13.2 Å². The maximum atomic E-state index is 12.0. The Kier molecular flexibility index (Phi) is 34.8. The zero-order valence-electron chi connectivity index (χ0n) is 27.0. The Balaban J connectivity index is 3.15. The van der Waals surface area contributed by atoms with E-state index in [9.17, 15) is 9.59 Å². The number of carboxylic acid groups (broad SMARTS) is 1. The van der Waals surface area contributed by atoms with Crippen LogP contribution < -0.4 is 0 Å². The van der Waals surface area contributed by atoms with Crippen LogP contribution in [-0.4, -0.2) is 156 Å². The van der Waals surface area contributed by atoms with Crippen molar-refractivity contribution in [1.82, 2.24) is 0 Å². The van der Waals surface area contributed by atoms with Crippen molar-refractivity contribution < 1.29 is 66.8 Å². The summed E-state index contributed by atoms with van der Waals surface area (Å²) >= 11 is 0. The van der Waals surface area contributed by atoms with Gasteiger partial charge in [0, 0.05) is 0 Å². The largest absolute Gasteiger partial charge is 0.480 e. The third-order valence-corrected chi connectivity index (χ3v) is 5.78. The first-order chi connectivity index (χ1) is 21.6. The fourth-order valence-electron chi connectivity index (χ4n) is 3.40. The summed E-state index contributed by atoms with van der Waals surface area (Å²) < 4.78 is 58.8. The Morgan fingerprint density at radius 3 is 1.05 bits per heavy atom. The Hall–Kier alpha value is -1.46. The summed E-state index contributed by atoms with van der Waals surface area (Å²) in [7, 11) is 0. The summed E-state index contributed by atoms with van der Waals surface area (Å²) in [6.07, 6.45) is 3.82. The third-order valence-electron chi connectivity index (χ3n) is 5.78. The molecule has 1 N–H and O–H groups in total. The highest BCUT2D eigenvalue weighted by Gasteiger charge is 2.16. The van der Waals surface area contributed by atoms with Gasteiger partial charge in [0.2, 0.25) is 0 Å². The lowest BCUT2D eigenvalue weighted by molar-refractivity contribution is -0.150. The molecule has 0 bridgehead atoms. The van der Waals surface area contributed by atoms with Gasteiger partial charge in [0.15, 0.2) is 0 Å². The first-order valence-corrected chi connectivity index (χ1v) is 15.8. The predicted molar refractivity (Wildman–Crippen MR) is 160 cm³/mol. The number of hydrogen-bond donors (Lipinski definition) is 1. The summed E-state index contributed by atoms with van der Waals surface area (Å²) in [5.41, 5.74) is 0. The predicted octanol–water partition coefficient (Wildman–Crippen LogP) is 2.00. The SMILES string of the molecule is CCCCC(CC)C(=O)OCCOCCOCCOCCOCCOCCOCCOCCOCCOCCOCC(=O)O. The number of rotatable bonds is 37. The van der Waals surface area contributed by atoms with Crippen LogP contribution in [0.4, 0.5) is 0 Å². The van der Waals surface area contributed by atoms with E-state index >= 15 is 0 Å². The van der Waals surface area contributed by atoms with Crippen LogP contribution in [0.5, 0.6) is 0 Å². The van der Waals surface area contributed by atoms with Crippen molar-refractivity contribution in [3.05, 3.63) is 0 Å². The zero-order valence-corrected chi connectivity index (χ0v) is 27.0. The molecule has 44 heavy (non-hydrogen) atoms. The molecule has 0 saturated heterocycles. The Morgan fingerprint density at radius 1 is 0.477 bits per heavy atom. The molecule has 0 radical (unpaired) electrons. The Labute approximate surface area is 263 Å². The highest BCUT2D eigenvalue weighted by Crippen LogP contribution is 2.14. The highest BCUT2D eigenvalue weighted by molar-refractivity contribution is 5.72. The van der Waals surface area contributed by atoms with Gasteiger partial charge in [-0.1, -0.05) is 26.7 Å². The van der Waals surface area contributed by atoms with Gasteiger partial charge in [0.05, 0.1) is 131 Å². The average molecular weight is 643 g/mol. The molecule has 0 aliphatic heterocycles. The molecule has 0 saturated carbocycles. The molecule has 1 atom stereocenters. The van der Waals surface area contributed by atoms with Gasteiger partial charge < -0.3 is 57.2 Å². The van der Waals surface area contributed by atoms with Gasteiger partial charge in [-0.25, -0.2) is 4.79 Å². The lowest BCUT2D eigenvalue weighted by Gasteiger charge is -2.13. The number of unbranched alkanes of at least 4 members (excludes halogenated alkanes) is 1. The van der Waals surface area contributed by atoms with E-state index in [2.05, 4.69) is 6.92 Å². The van der Waals surface area contributed by atoms with Crippen molar-refractivity contribution in [2.24, 2.45) is 5.92 Å². The molecule has 0 aromatic rings. The first kappa shape index (κ1) is 42.5. The number of carboxylic acids is 1. The third kappa shape index (κ3) is 33.4. The number of ether oxygens (including phenoxy) is 11. The van der Waals surface area contributed by atoms with Crippen molar-refractivity contribution in [3.63, 3.8) is 0 Å². The number of hydrogen-bond acceptors (Lipinski definition) is 13. The minimum atomic E-state index is -0.998. The maximum absolute atomic E-state index is 12.0. The normalized spacial score (nSPS) is 12.0. The fourth-order valence-corrected chi connectivity index (χ4v) is 3.40. The van der Waals surface area contributed by atoms with Crippen molar-refractivity contribution in [2.45, 2.75) is 39.5 Å². The second-order valence-corrected chi connectivity index (χ2v) is 9.37. The van der Waals surface area contributed by atoms with Crippen LogP contribution in [-0.2, 0) is 61.7 Å². The van der Waals surface area contributed by atoms with Gasteiger partial charge in [-0.05, 0) is 12.8 Å². The first-order valence-electron chi connectivity index (χ1n) is 15.8. The smallest absolute Gasteiger partial charge is 0.329 e. The highest BCUT2D eigenvalue weighted by atomic mass is 16.6. The summed E-state index contributed by atoms with van der Waals surface area (Å²) in [5, 5.41) is 8.42. The van der Waals surface area contributed by atoms with Crippen molar-refractivity contribution >= 4 is 11.9 Å². The molecule has 0 fully saturated rings. The van der Waals surface area contributed by atoms with Crippen LogP contribution in [0.25, 0.3) is 0 Å². The Morgan fingerprint density at radius 2 is 0.773 bits per heavy atom. The molecule has 262 valence electrons. The molecule has 0 aromatic heterocycles. The number of carbonyl (C=O) groups is 2. The van der Waals surface area contributed by atoms with Crippen molar-refractivity contribution in [1.29, 1.82) is 0 Å². The standard InChI is InChI=1S/C30H58O14/c1-3-5-6-28(4-2)30(33)44-26-25-42-22-21-40-18-17-38-14-13-36-10-9-34-7-8-35-11-12-37-15-16-39-19-20-41-23-24-43-27-29(31)32/h28H,3-27H2,1-2H3,(H,31,32). The maximum Gasteiger partial charge on any atom is 0.329 e. The van der Waals surface area contributed by atoms with Gasteiger partial charge in [-0.3, -0.25) is 4.79 Å². The summed E-state index contributed by atoms with van der Waals surface area (Å²) in [6, 6.07) is 0. The van der Waals surface area contributed by atoms with E-state index in [0.29, 0.717) is 119 Å². The molecule has 0 heterocycles. The van der Waals surface area contributed by atoms with Gasteiger partial charge in [0.25, 0.3) is 0 Å². The molecule has 0 aromatic carbocycles. The number of esters is 1. The zero-order chi connectivity index (χ0) is 32.2. The van der Waals surface area contributed by atoms with Crippen LogP contribution in [0.2, 0.25) is 0 Å². The molecule has 0 rings (SSSR count). The van der Waals surface area contributed by atoms with Gasteiger partial charge in [-0.2, -0.15) is 0 Å². The summed E-state index contributed by atoms with van der Waals surface area (Å²) in [4.78, 5) is 22.3. The van der Waals surface area contributed by atoms with E-state index in [4.69, 9.17) is 57.2 Å². The molecule has 0 amide bonds. The number of aliphatic carboxylic acids is 1. The van der Waals surface area contributed by atoms with Crippen molar-refractivity contribution in [3.8, 4) is 0 Å². The second kappa shape index (κ2) is 36.0. The van der Waals surface area contributed by atoms with Crippen LogP contribution in [0.1, 0.15) is 39.5 Å². The van der Waals surface area contributed by atoms with Crippen molar-refractivity contribution in [2.75, 3.05) is 139 Å². The van der Waals surface area contributed by atoms with E-state index in [1.807, 2.05) is 6.92 Å². The lowest BCUT2D eigenvalue weighted by atomic mass is 10.00. The van der Waals surface area contributed by atoms with Gasteiger partial charge >= 0.3 is 11.9 Å². The Bertz CT molecular complexity index is 610. The lowest BCUT2D eigenvalue weighted by Crippen LogP contribution is -2.20. The molecule has 0 spiro atoms. The summed E-state index contributed by atoms with van der Waals surface area (Å²) in [5.74, 6) is -1.13. The second-order valence-electron chi connectivity index (χ2n) is 9.37. The molecule has 14 nitrogen and oxygen atoms in total. The number of carbonyl (C=O) groups excluding carboxylic acids is 1. The van der Waals surface area contributed by atoms with E-state index in [1.54, 1.807) is 0 Å². The van der Waals surface area contributed by atoms with Gasteiger partial charge in [-0.15, -0.1) is 0 Å². The van der Waals surface area contributed by atoms with Crippen LogP contribution in [0.3, 0.4) is 0 Å². The van der Waals surface area contributed by atoms with E-state index in [1.165, 1.54) is 0 Å². The molecule has 0 aliphatic carbocycles. The van der Waals surface area contributed by atoms with Crippen LogP contribution in [0, 0.1) is 5.92 Å². The monoisotopic (exact) mass is 642 g/mol. The van der Waals surface area contributed by atoms with Crippen LogP contribution >= 0.6 is 0 Å². The molecular weight excluding hydrogens is 584 g/mol. The topological polar surface area (TPSA) is 156 Å². The minimum Gasteiger partial charge on any atom is -0.480 e. The quantitative estimate of drug-likeness (QED) is 0.0775. The molecule has 14 heteroatoms. The fraction of sp³-hybridized carbons (Fsp3) is 0.933. The minimum absolute atomic E-state index is 0.00811. The summed E-state index contributed by atoms with van der Waals surface area (Å²) in [6.45, 7) is 12.5. The molecule has 0 aliphatic rings. The van der Waals surface area contributed by atoms with E-state index in [-0.39, 0.29) is 31.7 Å².